The van der Waals surface area contributed by atoms with Crippen LogP contribution >= 0.6 is 0 Å². The van der Waals surface area contributed by atoms with Crippen LogP contribution in [0.2, 0.25) is 0 Å². The van der Waals surface area contributed by atoms with Gasteiger partial charge < -0.3 is 10.1 Å². The number of anilines is 2. The first-order valence-corrected chi connectivity index (χ1v) is 8.12. The second-order valence-corrected chi connectivity index (χ2v) is 5.98. The van der Waals surface area contributed by atoms with E-state index < -0.39 is 0 Å². The average Bonchev–Trinajstić information content (AvgIpc) is 3.07. The number of fused-ring (bicyclic) bond motifs is 1. The van der Waals surface area contributed by atoms with Crippen molar-refractivity contribution in [3.05, 3.63) is 89.5 Å². The molecule has 0 saturated heterocycles. The predicted octanol–water partition coefficient (Wildman–Crippen LogP) is 5.54. The quantitative estimate of drug-likeness (QED) is 0.683. The van der Waals surface area contributed by atoms with Crippen LogP contribution in [-0.4, -0.2) is 7.11 Å². The number of hydrogen-bond donors (Lipinski definition) is 1. The summed E-state index contributed by atoms with van der Waals surface area (Å²) >= 11 is 0. The molecular weight excluding hydrogens is 294 g/mol. The van der Waals surface area contributed by atoms with Crippen LogP contribution in [-0.2, 0) is 6.42 Å². The van der Waals surface area contributed by atoms with E-state index in [2.05, 4.69) is 59.9 Å². The summed E-state index contributed by atoms with van der Waals surface area (Å²) in [6, 6.07) is 25.2. The molecule has 1 N–H and O–H groups in total. The number of methoxy groups -OCH3 is 1. The summed E-state index contributed by atoms with van der Waals surface area (Å²) in [5, 5.41) is 3.42. The molecule has 0 unspecified atom stereocenters. The van der Waals surface area contributed by atoms with Crippen molar-refractivity contribution in [3.8, 4) is 5.75 Å². The summed E-state index contributed by atoms with van der Waals surface area (Å²) in [6.45, 7) is 0. The number of allylic oxidation sites excluding steroid dienone is 1. The fourth-order valence-corrected chi connectivity index (χ4v) is 3.07. The Labute approximate surface area is 142 Å². The molecule has 0 amide bonds. The Morgan fingerprint density at radius 2 is 1.46 bits per heavy atom. The van der Waals surface area contributed by atoms with Gasteiger partial charge in [0, 0.05) is 11.4 Å². The van der Waals surface area contributed by atoms with Crippen molar-refractivity contribution in [1.29, 1.82) is 0 Å². The summed E-state index contributed by atoms with van der Waals surface area (Å²) in [6.07, 6.45) is 3.31. The van der Waals surface area contributed by atoms with E-state index in [-0.39, 0.29) is 0 Å². The third-order valence-corrected chi connectivity index (χ3v) is 4.40. The van der Waals surface area contributed by atoms with Crippen LogP contribution in [0.4, 0.5) is 11.4 Å². The highest BCUT2D eigenvalue weighted by Crippen LogP contribution is 2.32. The highest BCUT2D eigenvalue weighted by molar-refractivity contribution is 5.88. The normalized spacial score (nSPS) is 12.5. The molecule has 0 atom stereocenters. The van der Waals surface area contributed by atoms with Crippen molar-refractivity contribution in [1.82, 2.24) is 0 Å². The summed E-state index contributed by atoms with van der Waals surface area (Å²) in [5.41, 5.74) is 7.55. The average molecular weight is 313 g/mol. The van der Waals surface area contributed by atoms with Gasteiger partial charge in [0.1, 0.15) is 5.75 Å². The zero-order valence-corrected chi connectivity index (χ0v) is 13.6. The Hall–Kier alpha value is -3.00. The number of nitrogens with one attached hydrogen (secondary N) is 1. The lowest BCUT2D eigenvalue weighted by molar-refractivity contribution is 0.415. The minimum Gasteiger partial charge on any atom is -0.497 e. The monoisotopic (exact) mass is 313 g/mol. The maximum atomic E-state index is 5.18. The van der Waals surface area contributed by atoms with Gasteiger partial charge in [0.2, 0.25) is 0 Å². The molecular formula is C22H19NO. The van der Waals surface area contributed by atoms with E-state index in [1.165, 1.54) is 22.3 Å². The van der Waals surface area contributed by atoms with E-state index in [9.17, 15) is 0 Å². The molecule has 4 rings (SSSR count). The van der Waals surface area contributed by atoms with Crippen LogP contribution in [0.1, 0.15) is 16.7 Å². The summed E-state index contributed by atoms with van der Waals surface area (Å²) in [5.74, 6) is 0.864. The van der Waals surface area contributed by atoms with E-state index in [1.807, 2.05) is 24.3 Å². The SMILES string of the molecule is COc1ccc(Nc2ccc(C3=Cc4ccccc4C3)cc2)cc1. The Balaban J connectivity index is 1.49. The van der Waals surface area contributed by atoms with Gasteiger partial charge in [-0.1, -0.05) is 42.5 Å². The molecule has 0 aliphatic heterocycles. The second-order valence-electron chi connectivity index (χ2n) is 5.98. The second kappa shape index (κ2) is 6.25. The maximum Gasteiger partial charge on any atom is 0.119 e. The van der Waals surface area contributed by atoms with Gasteiger partial charge in [-0.25, -0.2) is 0 Å². The number of ether oxygens (including phenoxy) is 1. The molecule has 0 bridgehead atoms. The van der Waals surface area contributed by atoms with E-state index in [4.69, 9.17) is 4.74 Å². The van der Waals surface area contributed by atoms with Crippen molar-refractivity contribution < 1.29 is 4.74 Å². The molecule has 0 saturated carbocycles. The lowest BCUT2D eigenvalue weighted by Gasteiger charge is -2.09. The molecule has 2 nitrogen and oxygen atoms in total. The van der Waals surface area contributed by atoms with Crippen LogP contribution in [0.5, 0.6) is 5.75 Å². The van der Waals surface area contributed by atoms with Crippen LogP contribution in [0.25, 0.3) is 11.6 Å². The third kappa shape index (κ3) is 2.91. The largest absolute Gasteiger partial charge is 0.497 e. The molecule has 1 aliphatic carbocycles. The number of benzene rings is 3. The maximum absolute atomic E-state index is 5.18. The molecule has 0 fully saturated rings. The van der Waals surface area contributed by atoms with Gasteiger partial charge in [0.05, 0.1) is 7.11 Å². The lowest BCUT2D eigenvalue weighted by atomic mass is 10.0. The molecule has 1 aliphatic rings. The topological polar surface area (TPSA) is 21.3 Å². The zero-order chi connectivity index (χ0) is 16.4. The molecule has 24 heavy (non-hydrogen) atoms. The fraction of sp³-hybridized carbons (Fsp3) is 0.0909. The number of rotatable bonds is 4. The lowest BCUT2D eigenvalue weighted by Crippen LogP contribution is -1.91. The Morgan fingerprint density at radius 3 is 2.12 bits per heavy atom. The van der Waals surface area contributed by atoms with Crippen molar-refractivity contribution in [2.75, 3.05) is 12.4 Å². The molecule has 0 aromatic heterocycles. The Kier molecular flexibility index (Phi) is 3.80. The van der Waals surface area contributed by atoms with Gasteiger partial charge in [0.25, 0.3) is 0 Å². The van der Waals surface area contributed by atoms with Gasteiger partial charge in [-0.15, -0.1) is 0 Å². The number of hydrogen-bond acceptors (Lipinski definition) is 2. The first-order valence-electron chi connectivity index (χ1n) is 8.12. The predicted molar refractivity (Wildman–Crippen MR) is 101 cm³/mol. The van der Waals surface area contributed by atoms with Gasteiger partial charge in [-0.05, 0) is 65.1 Å². The van der Waals surface area contributed by atoms with Crippen LogP contribution in [0.15, 0.2) is 72.8 Å². The van der Waals surface area contributed by atoms with Crippen molar-refractivity contribution in [2.24, 2.45) is 0 Å². The van der Waals surface area contributed by atoms with Crippen molar-refractivity contribution in [2.45, 2.75) is 6.42 Å². The van der Waals surface area contributed by atoms with Crippen LogP contribution in [0, 0.1) is 0 Å². The molecule has 118 valence electrons. The van der Waals surface area contributed by atoms with E-state index in [1.54, 1.807) is 7.11 Å². The minimum atomic E-state index is 0.864. The summed E-state index contributed by atoms with van der Waals surface area (Å²) in [4.78, 5) is 0. The van der Waals surface area contributed by atoms with E-state index in [0.29, 0.717) is 0 Å². The molecule has 2 heteroatoms. The fourth-order valence-electron chi connectivity index (χ4n) is 3.07. The van der Waals surface area contributed by atoms with Gasteiger partial charge in [0.15, 0.2) is 0 Å². The molecule has 3 aromatic rings. The molecule has 3 aromatic carbocycles. The summed E-state index contributed by atoms with van der Waals surface area (Å²) < 4.78 is 5.18. The van der Waals surface area contributed by atoms with Crippen molar-refractivity contribution in [3.63, 3.8) is 0 Å². The smallest absolute Gasteiger partial charge is 0.119 e. The minimum absolute atomic E-state index is 0.864. The zero-order valence-electron chi connectivity index (χ0n) is 13.6. The van der Waals surface area contributed by atoms with Crippen LogP contribution < -0.4 is 10.1 Å². The molecule has 0 spiro atoms. The summed E-state index contributed by atoms with van der Waals surface area (Å²) in [7, 11) is 1.68. The first kappa shape index (κ1) is 14.6. The first-order chi connectivity index (χ1) is 11.8. The molecule has 0 heterocycles. The third-order valence-electron chi connectivity index (χ3n) is 4.40. The van der Waals surface area contributed by atoms with Gasteiger partial charge in [-0.2, -0.15) is 0 Å². The highest BCUT2D eigenvalue weighted by atomic mass is 16.5. The van der Waals surface area contributed by atoms with Crippen LogP contribution in [0.3, 0.4) is 0 Å². The Morgan fingerprint density at radius 1 is 0.792 bits per heavy atom. The molecule has 0 radical (unpaired) electrons. The van der Waals surface area contributed by atoms with Gasteiger partial charge >= 0.3 is 0 Å². The standard InChI is InChI=1S/C22H19NO/c1-24-22-12-10-21(11-13-22)23-20-8-6-16(7-9-20)19-14-17-4-2-3-5-18(17)15-19/h2-14,23H,15H2,1H3. The highest BCUT2D eigenvalue weighted by Gasteiger charge is 2.13. The van der Waals surface area contributed by atoms with E-state index >= 15 is 0 Å². The van der Waals surface area contributed by atoms with Gasteiger partial charge in [-0.3, -0.25) is 0 Å². The van der Waals surface area contributed by atoms with Crippen molar-refractivity contribution >= 4 is 23.0 Å². The van der Waals surface area contributed by atoms with E-state index in [0.717, 1.165) is 23.5 Å². The Bertz CT molecular complexity index is 877.